The fraction of sp³-hybridized carbons (Fsp3) is 0.500. The minimum absolute atomic E-state index is 0.0238. The Morgan fingerprint density at radius 1 is 1.15 bits per heavy atom. The second-order valence-corrected chi connectivity index (χ2v) is 7.56. The van der Waals surface area contributed by atoms with Crippen LogP contribution in [0.15, 0.2) is 30.3 Å². The number of hydrogen-bond acceptors (Lipinski definition) is 7. The number of nitrogens with one attached hydrogen (secondary N) is 3. The van der Waals surface area contributed by atoms with E-state index in [-0.39, 0.29) is 6.42 Å². The summed E-state index contributed by atoms with van der Waals surface area (Å²) in [5, 5.41) is 14.6. The van der Waals surface area contributed by atoms with Gasteiger partial charge in [0, 0.05) is 12.3 Å². The highest BCUT2D eigenvalue weighted by molar-refractivity contribution is 7.80. The van der Waals surface area contributed by atoms with Gasteiger partial charge in [-0.25, -0.2) is 5.43 Å². The van der Waals surface area contributed by atoms with Gasteiger partial charge in [-0.05, 0) is 24.7 Å². The number of carbonyl (C=O) groups is 2. The van der Waals surface area contributed by atoms with E-state index < -0.39 is 41.0 Å². The summed E-state index contributed by atoms with van der Waals surface area (Å²) in [7, 11) is 2.55. The van der Waals surface area contributed by atoms with Crippen molar-refractivity contribution in [2.75, 3.05) is 14.2 Å². The SMILES string of the molecule is COC(=O)[C@@H]1[C@H](c2ccccc2)[C@H](C(=O)OC)[C@@](C)(O)C[C@@]12NNC(=S)N2. The third-order valence-corrected chi connectivity index (χ3v) is 5.59. The van der Waals surface area contributed by atoms with Crippen LogP contribution < -0.4 is 16.2 Å². The van der Waals surface area contributed by atoms with Crippen LogP contribution in [0.1, 0.15) is 24.8 Å². The van der Waals surface area contributed by atoms with E-state index in [0.717, 1.165) is 0 Å². The van der Waals surface area contributed by atoms with Gasteiger partial charge in [0.05, 0.1) is 25.7 Å². The van der Waals surface area contributed by atoms with Crippen LogP contribution in [0.3, 0.4) is 0 Å². The van der Waals surface area contributed by atoms with Crippen molar-refractivity contribution in [3.63, 3.8) is 0 Å². The molecule has 1 saturated carbocycles. The molecular formula is C18H23N3O5S. The number of esters is 2. The molecule has 2 fully saturated rings. The maximum absolute atomic E-state index is 12.9. The highest BCUT2D eigenvalue weighted by atomic mass is 32.1. The summed E-state index contributed by atoms with van der Waals surface area (Å²) in [6.45, 7) is 1.56. The summed E-state index contributed by atoms with van der Waals surface area (Å²) in [5.74, 6) is -3.66. The summed E-state index contributed by atoms with van der Waals surface area (Å²) in [6, 6.07) is 9.08. The van der Waals surface area contributed by atoms with E-state index in [9.17, 15) is 14.7 Å². The van der Waals surface area contributed by atoms with E-state index in [0.29, 0.717) is 10.7 Å². The summed E-state index contributed by atoms with van der Waals surface area (Å²) < 4.78 is 10.0. The van der Waals surface area contributed by atoms with Crippen molar-refractivity contribution in [1.29, 1.82) is 0 Å². The topological polar surface area (TPSA) is 109 Å². The number of hydrogen-bond donors (Lipinski definition) is 4. The van der Waals surface area contributed by atoms with Crippen molar-refractivity contribution >= 4 is 29.3 Å². The van der Waals surface area contributed by atoms with Crippen LogP contribution in [0.4, 0.5) is 0 Å². The zero-order chi connectivity index (χ0) is 19.8. The van der Waals surface area contributed by atoms with Gasteiger partial charge in [0.1, 0.15) is 11.6 Å². The minimum Gasteiger partial charge on any atom is -0.469 e. The molecule has 8 nitrogen and oxygen atoms in total. The lowest BCUT2D eigenvalue weighted by molar-refractivity contribution is -0.177. The van der Waals surface area contributed by atoms with Crippen molar-refractivity contribution < 1.29 is 24.2 Å². The molecule has 4 N–H and O–H groups in total. The normalized spacial score (nSPS) is 35.3. The molecule has 1 aliphatic heterocycles. The van der Waals surface area contributed by atoms with Crippen LogP contribution in [0.5, 0.6) is 0 Å². The second-order valence-electron chi connectivity index (χ2n) is 7.15. The van der Waals surface area contributed by atoms with Crippen LogP contribution in [0.25, 0.3) is 0 Å². The monoisotopic (exact) mass is 393 g/mol. The van der Waals surface area contributed by atoms with Crippen LogP contribution in [0.2, 0.25) is 0 Å². The van der Waals surface area contributed by atoms with Crippen LogP contribution in [-0.2, 0) is 19.1 Å². The Hall–Kier alpha value is -2.23. The van der Waals surface area contributed by atoms with Crippen molar-refractivity contribution in [2.24, 2.45) is 11.8 Å². The number of thiocarbonyl (C=S) groups is 1. The molecule has 146 valence electrons. The molecule has 1 spiro atoms. The molecule has 2 aliphatic rings. The molecule has 5 atom stereocenters. The van der Waals surface area contributed by atoms with Gasteiger partial charge in [-0.2, -0.15) is 0 Å². The molecule has 27 heavy (non-hydrogen) atoms. The smallest absolute Gasteiger partial charge is 0.313 e. The molecule has 1 aromatic carbocycles. The lowest BCUT2D eigenvalue weighted by Gasteiger charge is -2.52. The van der Waals surface area contributed by atoms with Crippen molar-refractivity contribution in [3.8, 4) is 0 Å². The summed E-state index contributed by atoms with van der Waals surface area (Å²) in [6.07, 6.45) is 0.0238. The Labute approximate surface area is 162 Å². The molecule has 0 aromatic heterocycles. The number of carbonyl (C=O) groups excluding carboxylic acids is 2. The number of hydrazine groups is 1. The molecule has 0 radical (unpaired) electrons. The highest BCUT2D eigenvalue weighted by Gasteiger charge is 2.65. The Morgan fingerprint density at radius 2 is 1.74 bits per heavy atom. The zero-order valence-corrected chi connectivity index (χ0v) is 16.1. The average Bonchev–Trinajstić information content (AvgIpc) is 3.00. The molecule has 1 saturated heterocycles. The van der Waals surface area contributed by atoms with E-state index >= 15 is 0 Å². The second kappa shape index (κ2) is 7.06. The first-order valence-corrected chi connectivity index (χ1v) is 8.95. The van der Waals surface area contributed by atoms with Gasteiger partial charge >= 0.3 is 11.9 Å². The van der Waals surface area contributed by atoms with Gasteiger partial charge in [-0.3, -0.25) is 15.0 Å². The van der Waals surface area contributed by atoms with E-state index in [2.05, 4.69) is 16.2 Å². The first kappa shape index (κ1) is 19.5. The molecule has 9 heteroatoms. The number of rotatable bonds is 3. The first-order valence-electron chi connectivity index (χ1n) is 8.54. The van der Waals surface area contributed by atoms with Crippen molar-refractivity contribution in [1.82, 2.24) is 16.2 Å². The maximum atomic E-state index is 12.9. The Bertz CT molecular complexity index is 757. The van der Waals surface area contributed by atoms with E-state index in [1.165, 1.54) is 14.2 Å². The molecule has 1 aliphatic carbocycles. The van der Waals surface area contributed by atoms with Crippen LogP contribution in [0, 0.1) is 11.8 Å². The first-order chi connectivity index (χ1) is 12.8. The van der Waals surface area contributed by atoms with E-state index in [1.807, 2.05) is 30.3 Å². The lowest BCUT2D eigenvalue weighted by Crippen LogP contribution is -2.70. The van der Waals surface area contributed by atoms with E-state index in [1.54, 1.807) is 6.92 Å². The summed E-state index contributed by atoms with van der Waals surface area (Å²) >= 11 is 5.17. The van der Waals surface area contributed by atoms with Gasteiger partial charge in [-0.15, -0.1) is 0 Å². The van der Waals surface area contributed by atoms with E-state index in [4.69, 9.17) is 21.7 Å². The number of ether oxygens (including phenoxy) is 2. The maximum Gasteiger partial charge on any atom is 0.313 e. The number of aliphatic hydroxyl groups is 1. The fourth-order valence-corrected chi connectivity index (χ4v) is 4.64. The zero-order valence-electron chi connectivity index (χ0n) is 15.3. The van der Waals surface area contributed by atoms with Gasteiger partial charge < -0.3 is 19.9 Å². The van der Waals surface area contributed by atoms with Gasteiger partial charge in [0.2, 0.25) is 0 Å². The predicted octanol–water partition coefficient (Wildman–Crippen LogP) is 0.182. The van der Waals surface area contributed by atoms with Crippen molar-refractivity contribution in [3.05, 3.63) is 35.9 Å². The Kier molecular flexibility index (Phi) is 5.11. The predicted molar refractivity (Wildman–Crippen MR) is 100 cm³/mol. The lowest BCUT2D eigenvalue weighted by atomic mass is 9.58. The van der Waals surface area contributed by atoms with Gasteiger partial charge in [0.25, 0.3) is 0 Å². The highest BCUT2D eigenvalue weighted by Crippen LogP contribution is 2.51. The quantitative estimate of drug-likeness (QED) is 0.422. The largest absolute Gasteiger partial charge is 0.469 e. The summed E-state index contributed by atoms with van der Waals surface area (Å²) in [4.78, 5) is 25.6. The molecule has 1 aromatic rings. The standard InChI is InChI=1S/C18H23N3O5S/c1-17(24)9-18(19-16(27)20-21-18)13(15(23)26-3)11(12(17)14(22)25-2)10-7-5-4-6-8-10/h4-8,11-13,21,24H,9H2,1-3H3,(H2,19,20,27)/t11-,12-,13+,17+,18-/m1/s1. The average molecular weight is 393 g/mol. The molecule has 0 bridgehead atoms. The number of methoxy groups -OCH3 is 2. The third kappa shape index (κ3) is 3.26. The van der Waals surface area contributed by atoms with Crippen LogP contribution >= 0.6 is 12.2 Å². The van der Waals surface area contributed by atoms with Gasteiger partial charge in [0.15, 0.2) is 5.11 Å². The molecule has 3 rings (SSSR count). The molecule has 0 amide bonds. The molecular weight excluding hydrogens is 370 g/mol. The minimum atomic E-state index is -1.49. The third-order valence-electron chi connectivity index (χ3n) is 5.39. The summed E-state index contributed by atoms with van der Waals surface area (Å²) in [5.41, 5.74) is 3.90. The van der Waals surface area contributed by atoms with Crippen molar-refractivity contribution in [2.45, 2.75) is 30.5 Å². The van der Waals surface area contributed by atoms with Crippen LogP contribution in [-0.4, -0.2) is 47.6 Å². The Balaban J connectivity index is 2.22. The molecule has 1 heterocycles. The molecule has 0 unspecified atom stereocenters. The fourth-order valence-electron chi connectivity index (χ4n) is 4.41. The number of benzene rings is 1. The van der Waals surface area contributed by atoms with Gasteiger partial charge in [-0.1, -0.05) is 30.3 Å². The Morgan fingerprint density at radius 3 is 2.26 bits per heavy atom.